The van der Waals surface area contributed by atoms with Crippen molar-refractivity contribution < 1.29 is 14.3 Å². The first-order chi connectivity index (χ1) is 9.78. The molecule has 2 aliphatic heterocycles. The van der Waals surface area contributed by atoms with E-state index in [0.29, 0.717) is 23.0 Å². The summed E-state index contributed by atoms with van der Waals surface area (Å²) in [5, 5.41) is 0. The minimum atomic E-state index is 0.0782. The average molecular weight is 276 g/mol. The molecule has 0 radical (unpaired) electrons. The number of hydrogen-bond acceptors (Lipinski definition) is 4. The van der Waals surface area contributed by atoms with Gasteiger partial charge in [0.15, 0.2) is 11.5 Å². The third-order valence-electron chi connectivity index (χ3n) is 4.10. The second kappa shape index (κ2) is 5.71. The predicted octanol–water partition coefficient (Wildman–Crippen LogP) is 1.62. The molecule has 0 aliphatic carbocycles. The Labute approximate surface area is 118 Å². The average Bonchev–Trinajstić information content (AvgIpc) is 2.95. The minimum absolute atomic E-state index is 0.0782. The van der Waals surface area contributed by atoms with Crippen molar-refractivity contribution in [2.24, 2.45) is 11.7 Å². The Bertz CT molecular complexity index is 496. The van der Waals surface area contributed by atoms with Gasteiger partial charge >= 0.3 is 0 Å². The summed E-state index contributed by atoms with van der Waals surface area (Å²) in [6.07, 6.45) is 3.16. The molecule has 108 valence electrons. The molecule has 2 heterocycles. The number of ether oxygens (including phenoxy) is 2. The van der Waals surface area contributed by atoms with E-state index >= 15 is 0 Å². The maximum atomic E-state index is 12.5. The SMILES string of the molecule is NCCC1CCN(C(=O)c2ccc3c(c2)OCO3)CC1. The molecule has 0 spiro atoms. The van der Waals surface area contributed by atoms with Gasteiger partial charge in [-0.2, -0.15) is 0 Å². The maximum absolute atomic E-state index is 12.5. The van der Waals surface area contributed by atoms with Crippen LogP contribution in [0.15, 0.2) is 18.2 Å². The van der Waals surface area contributed by atoms with Gasteiger partial charge in [-0.05, 0) is 49.9 Å². The Morgan fingerprint density at radius 2 is 2.00 bits per heavy atom. The number of piperidine rings is 1. The van der Waals surface area contributed by atoms with Crippen molar-refractivity contribution in [1.29, 1.82) is 0 Å². The van der Waals surface area contributed by atoms with Gasteiger partial charge in [0, 0.05) is 18.7 Å². The van der Waals surface area contributed by atoms with E-state index in [1.807, 2.05) is 11.0 Å². The normalized spacial score (nSPS) is 18.4. The lowest BCUT2D eigenvalue weighted by atomic mass is 9.93. The van der Waals surface area contributed by atoms with Crippen LogP contribution in [0, 0.1) is 5.92 Å². The zero-order chi connectivity index (χ0) is 13.9. The zero-order valence-corrected chi connectivity index (χ0v) is 11.5. The number of carbonyl (C=O) groups excluding carboxylic acids is 1. The van der Waals surface area contributed by atoms with Crippen molar-refractivity contribution in [1.82, 2.24) is 4.90 Å². The maximum Gasteiger partial charge on any atom is 0.253 e. The van der Waals surface area contributed by atoms with Crippen LogP contribution in [-0.2, 0) is 0 Å². The van der Waals surface area contributed by atoms with Gasteiger partial charge in [0.1, 0.15) is 0 Å². The Kier molecular flexibility index (Phi) is 3.78. The number of benzene rings is 1. The first-order valence-electron chi connectivity index (χ1n) is 7.17. The Hall–Kier alpha value is -1.75. The summed E-state index contributed by atoms with van der Waals surface area (Å²) in [7, 11) is 0. The molecule has 0 bridgehead atoms. The molecule has 2 aliphatic rings. The Morgan fingerprint density at radius 3 is 2.75 bits per heavy atom. The quantitative estimate of drug-likeness (QED) is 0.911. The first-order valence-corrected chi connectivity index (χ1v) is 7.17. The molecular formula is C15H20N2O3. The molecule has 5 nitrogen and oxygen atoms in total. The number of amides is 1. The van der Waals surface area contributed by atoms with Crippen LogP contribution in [-0.4, -0.2) is 37.2 Å². The van der Waals surface area contributed by atoms with Gasteiger partial charge in [-0.1, -0.05) is 0 Å². The van der Waals surface area contributed by atoms with E-state index in [4.69, 9.17) is 15.2 Å². The molecular weight excluding hydrogens is 256 g/mol. The standard InChI is InChI=1S/C15H20N2O3/c16-6-3-11-4-7-17(8-5-11)15(18)12-1-2-13-14(9-12)20-10-19-13/h1-2,9,11H,3-8,10,16H2. The monoisotopic (exact) mass is 276 g/mol. The molecule has 1 amide bonds. The van der Waals surface area contributed by atoms with Crippen molar-refractivity contribution in [2.75, 3.05) is 26.4 Å². The number of carbonyl (C=O) groups is 1. The smallest absolute Gasteiger partial charge is 0.253 e. The highest BCUT2D eigenvalue weighted by Gasteiger charge is 2.24. The van der Waals surface area contributed by atoms with E-state index < -0.39 is 0 Å². The fourth-order valence-electron chi connectivity index (χ4n) is 2.87. The Morgan fingerprint density at radius 1 is 1.25 bits per heavy atom. The Balaban J connectivity index is 1.65. The highest BCUT2D eigenvalue weighted by molar-refractivity contribution is 5.95. The van der Waals surface area contributed by atoms with Gasteiger partial charge in [0.05, 0.1) is 0 Å². The van der Waals surface area contributed by atoms with Crippen molar-refractivity contribution in [2.45, 2.75) is 19.3 Å². The fourth-order valence-corrected chi connectivity index (χ4v) is 2.87. The molecule has 5 heteroatoms. The van der Waals surface area contributed by atoms with Gasteiger partial charge in [0.2, 0.25) is 6.79 Å². The summed E-state index contributed by atoms with van der Waals surface area (Å²) in [4.78, 5) is 14.4. The fraction of sp³-hybridized carbons (Fsp3) is 0.533. The van der Waals surface area contributed by atoms with Crippen LogP contribution in [0.5, 0.6) is 11.5 Å². The van der Waals surface area contributed by atoms with E-state index in [1.165, 1.54) is 0 Å². The van der Waals surface area contributed by atoms with Gasteiger partial charge in [0.25, 0.3) is 5.91 Å². The van der Waals surface area contributed by atoms with Gasteiger partial charge in [-0.15, -0.1) is 0 Å². The predicted molar refractivity (Wildman–Crippen MR) is 74.9 cm³/mol. The lowest BCUT2D eigenvalue weighted by molar-refractivity contribution is 0.0687. The third kappa shape index (κ3) is 2.58. The molecule has 1 saturated heterocycles. The molecule has 1 fully saturated rings. The van der Waals surface area contributed by atoms with E-state index in [1.54, 1.807) is 12.1 Å². The van der Waals surface area contributed by atoms with Crippen LogP contribution in [0.1, 0.15) is 29.6 Å². The molecule has 2 N–H and O–H groups in total. The lowest BCUT2D eigenvalue weighted by Gasteiger charge is -2.32. The van der Waals surface area contributed by atoms with Crippen LogP contribution < -0.4 is 15.2 Å². The number of nitrogens with zero attached hydrogens (tertiary/aromatic N) is 1. The molecule has 3 rings (SSSR count). The van der Waals surface area contributed by atoms with Gasteiger partial charge < -0.3 is 20.1 Å². The van der Waals surface area contributed by atoms with Crippen LogP contribution in [0.4, 0.5) is 0 Å². The highest BCUT2D eigenvalue weighted by Crippen LogP contribution is 2.33. The summed E-state index contributed by atoms with van der Waals surface area (Å²) in [5.41, 5.74) is 6.26. The summed E-state index contributed by atoms with van der Waals surface area (Å²) in [6.45, 7) is 2.61. The second-order valence-electron chi connectivity index (χ2n) is 5.38. The lowest BCUT2D eigenvalue weighted by Crippen LogP contribution is -2.38. The van der Waals surface area contributed by atoms with E-state index in [9.17, 15) is 4.79 Å². The zero-order valence-electron chi connectivity index (χ0n) is 11.5. The molecule has 0 unspecified atom stereocenters. The van der Waals surface area contributed by atoms with E-state index in [-0.39, 0.29) is 12.7 Å². The summed E-state index contributed by atoms with van der Waals surface area (Å²) >= 11 is 0. The number of rotatable bonds is 3. The van der Waals surface area contributed by atoms with Gasteiger partial charge in [-0.25, -0.2) is 0 Å². The largest absolute Gasteiger partial charge is 0.454 e. The van der Waals surface area contributed by atoms with Crippen molar-refractivity contribution in [3.63, 3.8) is 0 Å². The van der Waals surface area contributed by atoms with E-state index in [0.717, 1.165) is 38.9 Å². The van der Waals surface area contributed by atoms with Gasteiger partial charge in [-0.3, -0.25) is 4.79 Å². The number of fused-ring (bicyclic) bond motifs is 1. The van der Waals surface area contributed by atoms with Crippen LogP contribution in [0.25, 0.3) is 0 Å². The van der Waals surface area contributed by atoms with E-state index in [2.05, 4.69) is 0 Å². The molecule has 0 saturated carbocycles. The van der Waals surface area contributed by atoms with Crippen molar-refractivity contribution in [3.05, 3.63) is 23.8 Å². The summed E-state index contributed by atoms with van der Waals surface area (Å²) in [6, 6.07) is 5.38. The summed E-state index contributed by atoms with van der Waals surface area (Å²) < 4.78 is 10.6. The minimum Gasteiger partial charge on any atom is -0.454 e. The molecule has 20 heavy (non-hydrogen) atoms. The first kappa shape index (κ1) is 13.2. The van der Waals surface area contributed by atoms with Crippen LogP contribution in [0.2, 0.25) is 0 Å². The molecule has 1 aromatic rings. The molecule has 0 aromatic heterocycles. The molecule has 1 aromatic carbocycles. The number of hydrogen-bond donors (Lipinski definition) is 1. The second-order valence-corrected chi connectivity index (χ2v) is 5.38. The number of likely N-dealkylation sites (tertiary alicyclic amines) is 1. The van der Waals surface area contributed by atoms with Crippen LogP contribution >= 0.6 is 0 Å². The van der Waals surface area contributed by atoms with Crippen molar-refractivity contribution in [3.8, 4) is 11.5 Å². The number of nitrogens with two attached hydrogens (primary N) is 1. The highest BCUT2D eigenvalue weighted by atomic mass is 16.7. The van der Waals surface area contributed by atoms with Crippen molar-refractivity contribution >= 4 is 5.91 Å². The molecule has 0 atom stereocenters. The summed E-state index contributed by atoms with van der Waals surface area (Å²) in [5.74, 6) is 2.12. The third-order valence-corrected chi connectivity index (χ3v) is 4.10. The topological polar surface area (TPSA) is 64.8 Å². The van der Waals surface area contributed by atoms with Crippen LogP contribution in [0.3, 0.4) is 0 Å².